The molecule has 8 heteroatoms. The number of pyridine rings is 1. The van der Waals surface area contributed by atoms with E-state index in [0.29, 0.717) is 37.2 Å². The van der Waals surface area contributed by atoms with Crippen molar-refractivity contribution in [2.24, 2.45) is 0 Å². The molecule has 2 aliphatic rings. The van der Waals surface area contributed by atoms with Crippen molar-refractivity contribution >= 4 is 16.9 Å². The fourth-order valence-corrected chi connectivity index (χ4v) is 4.17. The van der Waals surface area contributed by atoms with Crippen molar-refractivity contribution < 1.29 is 19.7 Å². The third-order valence-corrected chi connectivity index (χ3v) is 5.89. The van der Waals surface area contributed by atoms with Gasteiger partial charge in [-0.15, -0.1) is 0 Å². The highest BCUT2D eigenvalue weighted by Gasteiger charge is 2.31. The first-order valence-electron chi connectivity index (χ1n) is 10.5. The van der Waals surface area contributed by atoms with Crippen LogP contribution in [-0.2, 0) is 4.74 Å². The lowest BCUT2D eigenvalue weighted by atomic mass is 9.83. The summed E-state index contributed by atoms with van der Waals surface area (Å²) in [6.07, 6.45) is 7.80. The highest BCUT2D eigenvalue weighted by atomic mass is 16.5. The topological polar surface area (TPSA) is 110 Å². The number of aromatic nitrogens is 3. The first-order valence-corrected chi connectivity index (χ1v) is 10.5. The lowest BCUT2D eigenvalue weighted by Gasteiger charge is -2.31. The Kier molecular flexibility index (Phi) is 6.12. The van der Waals surface area contributed by atoms with Crippen molar-refractivity contribution in [2.45, 2.75) is 75.7 Å². The smallest absolute Gasteiger partial charge is 0.224 e. The van der Waals surface area contributed by atoms with Crippen LogP contribution in [0.25, 0.3) is 10.9 Å². The maximum atomic E-state index is 9.88. The van der Waals surface area contributed by atoms with E-state index in [1.54, 1.807) is 13.3 Å². The average Bonchev–Trinajstić information content (AvgIpc) is 2.68. The molecule has 0 bridgehead atoms. The Morgan fingerprint density at radius 3 is 2.55 bits per heavy atom. The highest BCUT2D eigenvalue weighted by molar-refractivity contribution is 5.86. The molecule has 4 rings (SSSR count). The van der Waals surface area contributed by atoms with E-state index in [2.05, 4.69) is 15.3 Å². The molecule has 2 aromatic rings. The number of hydrogen-bond acceptors (Lipinski definition) is 8. The van der Waals surface area contributed by atoms with Crippen LogP contribution in [0.5, 0.6) is 5.88 Å². The van der Waals surface area contributed by atoms with Gasteiger partial charge in [0.1, 0.15) is 6.10 Å². The zero-order valence-corrected chi connectivity index (χ0v) is 17.0. The van der Waals surface area contributed by atoms with E-state index in [1.165, 1.54) is 0 Å². The molecule has 0 spiro atoms. The number of nitrogens with one attached hydrogen (secondary N) is 1. The number of fused-ring (bicyclic) bond motifs is 1. The fraction of sp³-hybridized carbons (Fsp3) is 0.667. The van der Waals surface area contributed by atoms with Gasteiger partial charge in [-0.05, 0) is 38.5 Å². The molecule has 8 nitrogen and oxygen atoms in total. The Labute approximate surface area is 170 Å². The van der Waals surface area contributed by atoms with Crippen LogP contribution in [-0.4, -0.2) is 63.2 Å². The Hall–Kier alpha value is -2.03. The van der Waals surface area contributed by atoms with E-state index >= 15 is 0 Å². The number of anilines is 1. The van der Waals surface area contributed by atoms with Gasteiger partial charge >= 0.3 is 0 Å². The largest absolute Gasteiger partial charge is 0.474 e. The summed E-state index contributed by atoms with van der Waals surface area (Å²) in [4.78, 5) is 13.9. The van der Waals surface area contributed by atoms with Gasteiger partial charge in [-0.3, -0.25) is 0 Å². The molecule has 0 aromatic carbocycles. The SMILES string of the molecule is COC[C@@H](C)Nc1ncc2c(OC3CC(O)C3)ncc(C3CCC(O)CC3)c2n1. The molecule has 2 aliphatic carbocycles. The molecule has 2 aromatic heterocycles. The zero-order chi connectivity index (χ0) is 20.4. The van der Waals surface area contributed by atoms with E-state index in [9.17, 15) is 10.2 Å². The van der Waals surface area contributed by atoms with E-state index in [0.717, 1.165) is 42.1 Å². The Bertz CT molecular complexity index is 835. The third-order valence-electron chi connectivity index (χ3n) is 5.89. The van der Waals surface area contributed by atoms with Crippen molar-refractivity contribution in [1.82, 2.24) is 15.0 Å². The second kappa shape index (κ2) is 8.77. The Balaban J connectivity index is 1.66. The van der Waals surface area contributed by atoms with Gasteiger partial charge < -0.3 is 25.0 Å². The minimum atomic E-state index is -0.284. The van der Waals surface area contributed by atoms with Gasteiger partial charge in [0.05, 0.1) is 29.7 Å². The molecule has 0 saturated heterocycles. The zero-order valence-electron chi connectivity index (χ0n) is 17.0. The Morgan fingerprint density at radius 2 is 1.86 bits per heavy atom. The maximum Gasteiger partial charge on any atom is 0.224 e. The molecule has 3 N–H and O–H groups in total. The minimum Gasteiger partial charge on any atom is -0.474 e. The molecule has 0 aliphatic heterocycles. The first-order chi connectivity index (χ1) is 14.0. The molecule has 2 saturated carbocycles. The highest BCUT2D eigenvalue weighted by Crippen LogP contribution is 2.38. The molecule has 2 heterocycles. The average molecular weight is 402 g/mol. The monoisotopic (exact) mass is 402 g/mol. The lowest BCUT2D eigenvalue weighted by molar-refractivity contribution is -0.0120. The number of aliphatic hydroxyl groups excluding tert-OH is 2. The van der Waals surface area contributed by atoms with Crippen LogP contribution in [0.4, 0.5) is 5.95 Å². The molecule has 0 unspecified atom stereocenters. The summed E-state index contributed by atoms with van der Waals surface area (Å²) in [5, 5.41) is 23.5. The van der Waals surface area contributed by atoms with Gasteiger partial charge in [0.25, 0.3) is 0 Å². The molecule has 1 atom stereocenters. The summed E-state index contributed by atoms with van der Waals surface area (Å²) >= 11 is 0. The number of hydrogen-bond donors (Lipinski definition) is 3. The van der Waals surface area contributed by atoms with Crippen LogP contribution >= 0.6 is 0 Å². The summed E-state index contributed by atoms with van der Waals surface area (Å²) in [5.41, 5.74) is 1.93. The predicted molar refractivity (Wildman–Crippen MR) is 109 cm³/mol. The summed E-state index contributed by atoms with van der Waals surface area (Å²) < 4.78 is 11.2. The maximum absolute atomic E-state index is 9.88. The molecule has 2 fully saturated rings. The molecule has 158 valence electrons. The lowest BCUT2D eigenvalue weighted by Crippen LogP contribution is -2.37. The van der Waals surface area contributed by atoms with Gasteiger partial charge in [-0.1, -0.05) is 0 Å². The molecular weight excluding hydrogens is 372 g/mol. The summed E-state index contributed by atoms with van der Waals surface area (Å²) in [6, 6.07) is 0.0831. The van der Waals surface area contributed by atoms with Crippen molar-refractivity contribution in [3.63, 3.8) is 0 Å². The predicted octanol–water partition coefficient (Wildman–Crippen LogP) is 2.39. The number of aliphatic hydroxyl groups is 2. The van der Waals surface area contributed by atoms with Gasteiger partial charge in [0.15, 0.2) is 0 Å². The number of nitrogens with zero attached hydrogens (tertiary/aromatic N) is 3. The number of rotatable bonds is 7. The van der Waals surface area contributed by atoms with Gasteiger partial charge in [0.2, 0.25) is 11.8 Å². The van der Waals surface area contributed by atoms with Crippen LogP contribution in [0.3, 0.4) is 0 Å². The van der Waals surface area contributed by atoms with E-state index in [1.807, 2.05) is 13.1 Å². The van der Waals surface area contributed by atoms with Crippen LogP contribution in [0.1, 0.15) is 56.9 Å². The third kappa shape index (κ3) is 4.60. The van der Waals surface area contributed by atoms with Crippen molar-refractivity contribution in [1.29, 1.82) is 0 Å². The summed E-state index contributed by atoms with van der Waals surface area (Å²) in [5.74, 6) is 1.38. The molecule has 0 radical (unpaired) electrons. The summed E-state index contributed by atoms with van der Waals surface area (Å²) in [6.45, 7) is 2.58. The number of ether oxygens (including phenoxy) is 2. The second-order valence-corrected chi connectivity index (χ2v) is 8.35. The molecule has 0 amide bonds. The van der Waals surface area contributed by atoms with E-state index in [-0.39, 0.29) is 24.4 Å². The van der Waals surface area contributed by atoms with Crippen molar-refractivity contribution in [3.8, 4) is 5.88 Å². The van der Waals surface area contributed by atoms with Gasteiger partial charge in [-0.25, -0.2) is 15.0 Å². The second-order valence-electron chi connectivity index (χ2n) is 8.35. The summed E-state index contributed by atoms with van der Waals surface area (Å²) in [7, 11) is 1.67. The minimum absolute atomic E-state index is 0.0177. The Morgan fingerprint density at radius 1 is 1.10 bits per heavy atom. The van der Waals surface area contributed by atoms with Crippen LogP contribution in [0.2, 0.25) is 0 Å². The van der Waals surface area contributed by atoms with Gasteiger partial charge in [0, 0.05) is 44.0 Å². The van der Waals surface area contributed by atoms with E-state index < -0.39 is 0 Å². The first kappa shape index (κ1) is 20.3. The van der Waals surface area contributed by atoms with E-state index in [4.69, 9.17) is 14.5 Å². The van der Waals surface area contributed by atoms with Crippen LogP contribution < -0.4 is 10.1 Å². The quantitative estimate of drug-likeness (QED) is 0.648. The molecular formula is C21H30N4O4. The normalized spacial score (nSPS) is 28.0. The fourth-order valence-electron chi connectivity index (χ4n) is 4.17. The van der Waals surface area contributed by atoms with Crippen molar-refractivity contribution in [3.05, 3.63) is 18.0 Å². The van der Waals surface area contributed by atoms with Crippen molar-refractivity contribution in [2.75, 3.05) is 19.0 Å². The molecule has 29 heavy (non-hydrogen) atoms. The van der Waals surface area contributed by atoms with Crippen LogP contribution in [0.15, 0.2) is 12.4 Å². The van der Waals surface area contributed by atoms with Gasteiger partial charge in [-0.2, -0.15) is 0 Å². The standard InChI is InChI=1S/C21H30N4O4/c1-12(11-28-2)24-21-23-10-18-19(25-21)17(13-3-5-14(26)6-4-13)9-22-20(18)29-16-7-15(27)8-16/h9-10,12-16,26-27H,3-8,11H2,1-2H3,(H,23,24,25)/t12-,13?,14?,15?,16?/m1/s1. The van der Waals surface area contributed by atoms with Crippen LogP contribution in [0, 0.1) is 0 Å². The number of methoxy groups -OCH3 is 1.